The van der Waals surface area contributed by atoms with Crippen molar-refractivity contribution in [1.82, 2.24) is 15.1 Å². The van der Waals surface area contributed by atoms with Crippen LogP contribution < -0.4 is 5.32 Å². The van der Waals surface area contributed by atoms with E-state index >= 15 is 0 Å². The van der Waals surface area contributed by atoms with Gasteiger partial charge in [0, 0.05) is 19.0 Å². The molecule has 0 unspecified atom stereocenters. The molecule has 1 aliphatic rings. The molecular formula is C15H18N4O3S2. The molecule has 3 rings (SSSR count). The first-order chi connectivity index (χ1) is 11.7. The van der Waals surface area contributed by atoms with Crippen molar-refractivity contribution >= 4 is 40.0 Å². The predicted octanol–water partition coefficient (Wildman–Crippen LogP) is 2.73. The second kappa shape index (κ2) is 7.80. The number of anilines is 1. The van der Waals surface area contributed by atoms with Crippen LogP contribution in [0, 0.1) is 5.92 Å². The van der Waals surface area contributed by atoms with Gasteiger partial charge in [0.2, 0.25) is 11.0 Å². The summed E-state index contributed by atoms with van der Waals surface area (Å²) in [6.45, 7) is 3.14. The van der Waals surface area contributed by atoms with E-state index in [1.54, 1.807) is 28.8 Å². The highest BCUT2D eigenvalue weighted by Crippen LogP contribution is 2.26. The van der Waals surface area contributed by atoms with Crippen LogP contribution in [0.25, 0.3) is 0 Å². The van der Waals surface area contributed by atoms with Crippen molar-refractivity contribution in [2.24, 2.45) is 5.92 Å². The standard InChI is InChI=1S/C15H18N4O3S2/c1-2-23-15-18-17-14(24-15)16-12(20)10-5-7-19(8-6-10)13(21)11-4-3-9-22-11/h3-4,9-10H,2,5-8H2,1H3,(H,16,17,20). The van der Waals surface area contributed by atoms with Crippen molar-refractivity contribution in [2.45, 2.75) is 24.1 Å². The topological polar surface area (TPSA) is 88.3 Å². The first-order valence-electron chi connectivity index (χ1n) is 7.77. The van der Waals surface area contributed by atoms with Gasteiger partial charge in [0.15, 0.2) is 10.1 Å². The lowest BCUT2D eigenvalue weighted by Gasteiger charge is -2.30. The second-order valence-electron chi connectivity index (χ2n) is 5.34. The zero-order valence-electron chi connectivity index (χ0n) is 13.2. The molecule has 0 aromatic carbocycles. The number of nitrogens with zero attached hydrogens (tertiary/aromatic N) is 3. The second-order valence-corrected chi connectivity index (χ2v) is 7.83. The molecule has 1 fully saturated rings. The van der Waals surface area contributed by atoms with E-state index in [1.165, 1.54) is 17.6 Å². The summed E-state index contributed by atoms with van der Waals surface area (Å²) in [6.07, 6.45) is 2.75. The number of aromatic nitrogens is 2. The number of hydrogen-bond acceptors (Lipinski definition) is 7. The molecule has 1 aliphatic heterocycles. The summed E-state index contributed by atoms with van der Waals surface area (Å²) in [4.78, 5) is 26.3. The molecule has 2 amide bonds. The molecule has 7 nitrogen and oxygen atoms in total. The molecule has 0 radical (unpaired) electrons. The molecule has 0 spiro atoms. The molecule has 9 heteroatoms. The number of thioether (sulfide) groups is 1. The van der Waals surface area contributed by atoms with Crippen LogP contribution in [-0.2, 0) is 4.79 Å². The highest BCUT2D eigenvalue weighted by atomic mass is 32.2. The van der Waals surface area contributed by atoms with Crippen LogP contribution >= 0.6 is 23.1 Å². The maximum Gasteiger partial charge on any atom is 0.289 e. The van der Waals surface area contributed by atoms with Gasteiger partial charge in [-0.15, -0.1) is 10.2 Å². The Morgan fingerprint density at radius 2 is 2.21 bits per heavy atom. The lowest BCUT2D eigenvalue weighted by atomic mass is 9.96. The quantitative estimate of drug-likeness (QED) is 0.647. The highest BCUT2D eigenvalue weighted by Gasteiger charge is 2.29. The van der Waals surface area contributed by atoms with Gasteiger partial charge in [-0.3, -0.25) is 9.59 Å². The summed E-state index contributed by atoms with van der Waals surface area (Å²) in [7, 11) is 0. The van der Waals surface area contributed by atoms with Crippen molar-refractivity contribution in [3.63, 3.8) is 0 Å². The number of piperidine rings is 1. The maximum absolute atomic E-state index is 12.3. The minimum atomic E-state index is -0.121. The first kappa shape index (κ1) is 17.0. The minimum Gasteiger partial charge on any atom is -0.459 e. The van der Waals surface area contributed by atoms with E-state index in [2.05, 4.69) is 15.5 Å². The molecule has 0 saturated carbocycles. The molecule has 1 saturated heterocycles. The van der Waals surface area contributed by atoms with Gasteiger partial charge in [-0.05, 0) is 30.7 Å². The Hall–Kier alpha value is -1.87. The molecule has 1 N–H and O–H groups in total. The Labute approximate surface area is 147 Å². The van der Waals surface area contributed by atoms with Crippen LogP contribution in [0.2, 0.25) is 0 Å². The normalized spacial score (nSPS) is 15.5. The van der Waals surface area contributed by atoms with E-state index < -0.39 is 0 Å². The van der Waals surface area contributed by atoms with Gasteiger partial charge in [0.1, 0.15) is 0 Å². The van der Waals surface area contributed by atoms with Crippen molar-refractivity contribution in [2.75, 3.05) is 24.2 Å². The first-order valence-corrected chi connectivity index (χ1v) is 9.57. The van der Waals surface area contributed by atoms with E-state index in [0.29, 0.717) is 36.8 Å². The average molecular weight is 366 g/mol. The van der Waals surface area contributed by atoms with Crippen LogP contribution in [0.3, 0.4) is 0 Å². The summed E-state index contributed by atoms with van der Waals surface area (Å²) in [5.74, 6) is 0.975. The third-order valence-electron chi connectivity index (χ3n) is 3.79. The SMILES string of the molecule is CCSc1nnc(NC(=O)C2CCN(C(=O)c3ccco3)CC2)s1. The summed E-state index contributed by atoms with van der Waals surface area (Å²) >= 11 is 2.99. The van der Waals surface area contributed by atoms with Crippen LogP contribution in [-0.4, -0.2) is 45.8 Å². The molecule has 128 valence electrons. The molecule has 2 aromatic rings. The van der Waals surface area contributed by atoms with E-state index in [1.807, 2.05) is 6.92 Å². The van der Waals surface area contributed by atoms with Crippen LogP contribution in [0.15, 0.2) is 27.2 Å². The van der Waals surface area contributed by atoms with Gasteiger partial charge >= 0.3 is 0 Å². The van der Waals surface area contributed by atoms with Gasteiger partial charge < -0.3 is 14.6 Å². The molecule has 0 bridgehead atoms. The fourth-order valence-electron chi connectivity index (χ4n) is 2.55. The van der Waals surface area contributed by atoms with E-state index in [0.717, 1.165) is 10.1 Å². The molecule has 0 aliphatic carbocycles. The Kier molecular flexibility index (Phi) is 5.52. The summed E-state index contributed by atoms with van der Waals surface area (Å²) in [5.41, 5.74) is 0. The summed E-state index contributed by atoms with van der Waals surface area (Å²) in [5, 5.41) is 11.4. The van der Waals surface area contributed by atoms with Crippen molar-refractivity contribution in [3.05, 3.63) is 24.2 Å². The lowest BCUT2D eigenvalue weighted by molar-refractivity contribution is -0.121. The smallest absolute Gasteiger partial charge is 0.289 e. The van der Waals surface area contributed by atoms with Gasteiger partial charge in [0.25, 0.3) is 5.91 Å². The van der Waals surface area contributed by atoms with Crippen LogP contribution in [0.4, 0.5) is 5.13 Å². The average Bonchev–Trinajstić information content (AvgIpc) is 3.27. The minimum absolute atomic E-state index is 0.0516. The van der Waals surface area contributed by atoms with Crippen molar-refractivity contribution < 1.29 is 14.0 Å². The van der Waals surface area contributed by atoms with E-state index in [9.17, 15) is 9.59 Å². The number of hydrogen-bond donors (Lipinski definition) is 1. The largest absolute Gasteiger partial charge is 0.459 e. The number of carbonyl (C=O) groups is 2. The van der Waals surface area contributed by atoms with Gasteiger partial charge in [0.05, 0.1) is 6.26 Å². The number of amides is 2. The molecule has 24 heavy (non-hydrogen) atoms. The Balaban J connectivity index is 1.50. The number of nitrogens with one attached hydrogen (secondary N) is 1. The zero-order valence-corrected chi connectivity index (χ0v) is 14.9. The number of furan rings is 1. The van der Waals surface area contributed by atoms with E-state index in [-0.39, 0.29) is 17.7 Å². The molecule has 3 heterocycles. The van der Waals surface area contributed by atoms with Gasteiger partial charge in [-0.1, -0.05) is 30.0 Å². The number of likely N-dealkylation sites (tertiary alicyclic amines) is 1. The fourth-order valence-corrected chi connectivity index (χ4v) is 4.20. The molecule has 2 aromatic heterocycles. The third-order valence-corrected chi connectivity index (χ3v) is 5.64. The Bertz CT molecular complexity index is 693. The zero-order chi connectivity index (χ0) is 16.9. The number of carbonyl (C=O) groups excluding carboxylic acids is 2. The monoisotopic (exact) mass is 366 g/mol. The van der Waals surface area contributed by atoms with E-state index in [4.69, 9.17) is 4.42 Å². The van der Waals surface area contributed by atoms with Crippen LogP contribution in [0.1, 0.15) is 30.3 Å². The fraction of sp³-hybridized carbons (Fsp3) is 0.467. The lowest BCUT2D eigenvalue weighted by Crippen LogP contribution is -2.41. The molecule has 0 atom stereocenters. The van der Waals surface area contributed by atoms with Crippen molar-refractivity contribution in [3.8, 4) is 0 Å². The Morgan fingerprint density at radius 3 is 2.88 bits per heavy atom. The molecular weight excluding hydrogens is 348 g/mol. The predicted molar refractivity (Wildman–Crippen MR) is 92.3 cm³/mol. The maximum atomic E-state index is 12.3. The summed E-state index contributed by atoms with van der Waals surface area (Å²) < 4.78 is 5.99. The Morgan fingerprint density at radius 1 is 1.42 bits per heavy atom. The van der Waals surface area contributed by atoms with Gasteiger partial charge in [-0.2, -0.15) is 0 Å². The van der Waals surface area contributed by atoms with Gasteiger partial charge in [-0.25, -0.2) is 0 Å². The third kappa shape index (κ3) is 3.96. The summed E-state index contributed by atoms with van der Waals surface area (Å²) in [6, 6.07) is 3.35. The van der Waals surface area contributed by atoms with Crippen LogP contribution in [0.5, 0.6) is 0 Å². The number of rotatable bonds is 5. The highest BCUT2D eigenvalue weighted by molar-refractivity contribution is 8.01. The van der Waals surface area contributed by atoms with Crippen molar-refractivity contribution in [1.29, 1.82) is 0 Å².